The highest BCUT2D eigenvalue weighted by atomic mass is 79.9. The molecular formula is C16H14BrNO4. The summed E-state index contributed by atoms with van der Waals surface area (Å²) in [5, 5.41) is 10.7. The minimum atomic E-state index is -0.897. The van der Waals surface area contributed by atoms with Gasteiger partial charge in [0.1, 0.15) is 17.9 Å². The zero-order valence-corrected chi connectivity index (χ0v) is 13.1. The highest BCUT2D eigenvalue weighted by Crippen LogP contribution is 2.37. The Labute approximate surface area is 136 Å². The first-order chi connectivity index (χ1) is 10.7. The Hall–Kier alpha value is -1.89. The second-order valence-corrected chi connectivity index (χ2v) is 5.71. The molecule has 114 valence electrons. The third-order valence-electron chi connectivity index (χ3n) is 3.33. The molecule has 1 amide bonds. The van der Waals surface area contributed by atoms with E-state index in [-0.39, 0.29) is 0 Å². The van der Waals surface area contributed by atoms with E-state index in [0.717, 1.165) is 10.6 Å². The molecular weight excluding hydrogens is 350 g/mol. The van der Waals surface area contributed by atoms with E-state index in [2.05, 4.69) is 15.9 Å². The maximum atomic E-state index is 12.3. The molecule has 22 heavy (non-hydrogen) atoms. The van der Waals surface area contributed by atoms with Crippen LogP contribution in [-0.2, 0) is 4.84 Å². The Morgan fingerprint density at radius 3 is 2.32 bits per heavy atom. The zero-order valence-electron chi connectivity index (χ0n) is 11.5. The molecule has 1 aliphatic heterocycles. The number of hydrogen-bond acceptors (Lipinski definition) is 4. The monoisotopic (exact) mass is 363 g/mol. The van der Waals surface area contributed by atoms with Gasteiger partial charge in [-0.3, -0.25) is 0 Å². The molecule has 1 fully saturated rings. The highest BCUT2D eigenvalue weighted by molar-refractivity contribution is 9.09. The van der Waals surface area contributed by atoms with Crippen molar-refractivity contribution in [2.75, 3.05) is 0 Å². The molecule has 0 spiro atoms. The fraction of sp³-hybridized carbons (Fsp3) is 0.188. The smallest absolute Gasteiger partial charge is 0.409 e. The van der Waals surface area contributed by atoms with Crippen LogP contribution in [0.4, 0.5) is 4.79 Å². The van der Waals surface area contributed by atoms with Gasteiger partial charge in [-0.2, -0.15) is 5.06 Å². The van der Waals surface area contributed by atoms with Gasteiger partial charge >= 0.3 is 6.09 Å². The molecule has 0 bridgehead atoms. The summed E-state index contributed by atoms with van der Waals surface area (Å²) < 4.78 is 5.28. The molecule has 2 aromatic rings. The lowest BCUT2D eigenvalue weighted by Gasteiger charge is -2.23. The van der Waals surface area contributed by atoms with Gasteiger partial charge in [-0.25, -0.2) is 9.63 Å². The van der Waals surface area contributed by atoms with Crippen molar-refractivity contribution < 1.29 is 19.5 Å². The fourth-order valence-electron chi connectivity index (χ4n) is 2.29. The number of aliphatic hydroxyl groups excluding tert-OH is 1. The van der Waals surface area contributed by atoms with Crippen LogP contribution in [0.3, 0.4) is 0 Å². The van der Waals surface area contributed by atoms with Crippen LogP contribution in [0, 0.1) is 0 Å². The standard InChI is InChI=1S/C16H14BrNO4/c17-15-14(19)13(11-7-3-1-4-8-11)18(22-15)16(20)21-12-9-5-2-6-10-12/h1-10,13-15,19H/t13-,14-,15?/m1/s1. The number of halogens is 1. The quantitative estimate of drug-likeness (QED) is 0.832. The van der Waals surface area contributed by atoms with Crippen molar-refractivity contribution in [1.29, 1.82) is 0 Å². The van der Waals surface area contributed by atoms with Gasteiger partial charge in [0.05, 0.1) is 0 Å². The molecule has 6 heteroatoms. The van der Waals surface area contributed by atoms with Crippen LogP contribution in [0.2, 0.25) is 0 Å². The van der Waals surface area contributed by atoms with Gasteiger partial charge < -0.3 is 9.84 Å². The topological polar surface area (TPSA) is 59.0 Å². The Balaban J connectivity index is 1.83. The van der Waals surface area contributed by atoms with Crippen molar-refractivity contribution in [3.8, 4) is 5.75 Å². The van der Waals surface area contributed by atoms with Crippen LogP contribution in [0.15, 0.2) is 60.7 Å². The number of alkyl halides is 1. The van der Waals surface area contributed by atoms with Gasteiger partial charge in [0.15, 0.2) is 5.01 Å². The average molecular weight is 364 g/mol. The van der Waals surface area contributed by atoms with Gasteiger partial charge in [-0.05, 0) is 17.7 Å². The molecule has 1 heterocycles. The first-order valence-corrected chi connectivity index (χ1v) is 7.68. The lowest BCUT2D eigenvalue weighted by molar-refractivity contribution is -0.109. The van der Waals surface area contributed by atoms with E-state index in [0.29, 0.717) is 5.75 Å². The van der Waals surface area contributed by atoms with Crippen molar-refractivity contribution in [3.63, 3.8) is 0 Å². The maximum absolute atomic E-state index is 12.3. The third kappa shape index (κ3) is 2.99. The van der Waals surface area contributed by atoms with Crippen molar-refractivity contribution in [1.82, 2.24) is 5.06 Å². The Kier molecular flexibility index (Phi) is 4.42. The third-order valence-corrected chi connectivity index (χ3v) is 4.04. The lowest BCUT2D eigenvalue weighted by Crippen LogP contribution is -2.34. The largest absolute Gasteiger partial charge is 0.440 e. The van der Waals surface area contributed by atoms with E-state index < -0.39 is 23.3 Å². The highest BCUT2D eigenvalue weighted by Gasteiger charge is 2.45. The Morgan fingerprint density at radius 2 is 1.68 bits per heavy atom. The number of benzene rings is 2. The van der Waals surface area contributed by atoms with Gasteiger partial charge in [-0.1, -0.05) is 64.5 Å². The lowest BCUT2D eigenvalue weighted by atomic mass is 10.0. The summed E-state index contributed by atoms with van der Waals surface area (Å²) in [5.74, 6) is 0.412. The molecule has 0 radical (unpaired) electrons. The van der Waals surface area contributed by atoms with Crippen molar-refractivity contribution in [2.45, 2.75) is 17.2 Å². The number of ether oxygens (including phenoxy) is 1. The van der Waals surface area contributed by atoms with Crippen molar-refractivity contribution >= 4 is 22.0 Å². The molecule has 1 aliphatic rings. The second-order valence-electron chi connectivity index (χ2n) is 4.81. The minimum absolute atomic E-state index is 0.412. The van der Waals surface area contributed by atoms with E-state index in [4.69, 9.17) is 9.57 Å². The Bertz CT molecular complexity index is 637. The SMILES string of the molecule is O=C(Oc1ccccc1)N1OC(Br)[C@H](O)[C@H]1c1ccccc1. The summed E-state index contributed by atoms with van der Waals surface area (Å²) in [6, 6.07) is 17.3. The molecule has 3 atom stereocenters. The normalized spacial score (nSPS) is 24.3. The number of hydrogen-bond donors (Lipinski definition) is 1. The van der Waals surface area contributed by atoms with Gasteiger partial charge in [0.25, 0.3) is 0 Å². The molecule has 2 aromatic carbocycles. The number of carbonyl (C=O) groups excluding carboxylic acids is 1. The van der Waals surface area contributed by atoms with Crippen LogP contribution in [-0.4, -0.2) is 27.4 Å². The van der Waals surface area contributed by atoms with Gasteiger partial charge in [0, 0.05) is 0 Å². The molecule has 5 nitrogen and oxygen atoms in total. The predicted molar refractivity (Wildman–Crippen MR) is 83.3 cm³/mol. The van der Waals surface area contributed by atoms with Crippen molar-refractivity contribution in [2.24, 2.45) is 0 Å². The summed E-state index contributed by atoms with van der Waals surface area (Å²) in [6.07, 6.45) is -1.58. The number of amides is 1. The first-order valence-electron chi connectivity index (χ1n) is 6.77. The molecule has 1 N–H and O–H groups in total. The number of carbonyl (C=O) groups is 1. The molecule has 1 saturated heterocycles. The average Bonchev–Trinajstić information content (AvgIpc) is 2.85. The van der Waals surface area contributed by atoms with Crippen LogP contribution in [0.5, 0.6) is 5.75 Å². The Morgan fingerprint density at radius 1 is 1.09 bits per heavy atom. The zero-order chi connectivity index (χ0) is 15.5. The molecule has 1 unspecified atom stereocenters. The second kappa shape index (κ2) is 6.48. The van der Waals surface area contributed by atoms with Gasteiger partial charge in [0.2, 0.25) is 0 Å². The van der Waals surface area contributed by atoms with E-state index in [1.54, 1.807) is 24.3 Å². The summed E-state index contributed by atoms with van der Waals surface area (Å²) in [5.41, 5.74) is 0.766. The summed E-state index contributed by atoms with van der Waals surface area (Å²) in [7, 11) is 0. The summed E-state index contributed by atoms with van der Waals surface area (Å²) in [6.45, 7) is 0. The minimum Gasteiger partial charge on any atom is -0.409 e. The van der Waals surface area contributed by atoms with Crippen LogP contribution in [0.1, 0.15) is 11.6 Å². The van der Waals surface area contributed by atoms with E-state index >= 15 is 0 Å². The van der Waals surface area contributed by atoms with Gasteiger partial charge in [-0.15, -0.1) is 0 Å². The van der Waals surface area contributed by atoms with Crippen LogP contribution in [0.25, 0.3) is 0 Å². The summed E-state index contributed by atoms with van der Waals surface area (Å²) >= 11 is 3.21. The van der Waals surface area contributed by atoms with Crippen molar-refractivity contribution in [3.05, 3.63) is 66.2 Å². The number of hydroxylamine groups is 2. The van der Waals surface area contributed by atoms with Crippen LogP contribution < -0.4 is 4.74 Å². The summed E-state index contributed by atoms with van der Waals surface area (Å²) in [4.78, 5) is 17.7. The van der Waals surface area contributed by atoms with Crippen LogP contribution >= 0.6 is 15.9 Å². The molecule has 0 saturated carbocycles. The number of aliphatic hydroxyl groups is 1. The van der Waals surface area contributed by atoms with E-state index in [9.17, 15) is 9.90 Å². The first kappa shape index (κ1) is 15.0. The molecule has 0 aliphatic carbocycles. The van der Waals surface area contributed by atoms with E-state index in [1.807, 2.05) is 36.4 Å². The van der Waals surface area contributed by atoms with E-state index in [1.165, 1.54) is 0 Å². The fourth-order valence-corrected chi connectivity index (χ4v) is 2.76. The number of para-hydroxylation sites is 1. The number of nitrogens with zero attached hydrogens (tertiary/aromatic N) is 1. The molecule has 0 aromatic heterocycles. The maximum Gasteiger partial charge on any atom is 0.440 e. The number of rotatable bonds is 2. The molecule has 3 rings (SSSR count). The predicted octanol–water partition coefficient (Wildman–Crippen LogP) is 3.26.